The first-order valence-corrected chi connectivity index (χ1v) is 4.92. The van der Waals surface area contributed by atoms with Crippen molar-refractivity contribution in [2.24, 2.45) is 5.73 Å². The van der Waals surface area contributed by atoms with E-state index >= 15 is 0 Å². The minimum Gasteiger partial charge on any atom is -0.326 e. The third-order valence-corrected chi connectivity index (χ3v) is 3.22. The number of nitrogens with two attached hydrogens (primary N) is 1. The molecule has 2 rings (SSSR count). The van der Waals surface area contributed by atoms with Crippen molar-refractivity contribution in [2.75, 3.05) is 0 Å². The van der Waals surface area contributed by atoms with Gasteiger partial charge in [-0.1, -0.05) is 6.42 Å². The molecule has 1 aromatic rings. The Bertz CT molecular complexity index is 240. The van der Waals surface area contributed by atoms with Crippen LogP contribution >= 0.6 is 11.3 Å². The summed E-state index contributed by atoms with van der Waals surface area (Å²) in [6.45, 7) is 0.663. The summed E-state index contributed by atoms with van der Waals surface area (Å²) in [5, 5.41) is 0. The summed E-state index contributed by atoms with van der Waals surface area (Å²) >= 11 is 1.69. The number of aromatic nitrogens is 1. The van der Waals surface area contributed by atoms with Gasteiger partial charge in [0, 0.05) is 17.3 Å². The molecule has 0 amide bonds. The highest BCUT2D eigenvalue weighted by molar-refractivity contribution is 7.09. The average molecular weight is 168 g/mol. The van der Waals surface area contributed by atoms with Gasteiger partial charge in [-0.15, -0.1) is 11.3 Å². The van der Waals surface area contributed by atoms with E-state index in [1.54, 1.807) is 11.3 Å². The van der Waals surface area contributed by atoms with Crippen LogP contribution in [0.15, 0.2) is 5.51 Å². The first kappa shape index (κ1) is 7.25. The topological polar surface area (TPSA) is 38.9 Å². The lowest BCUT2D eigenvalue weighted by atomic mass is 9.82. The van der Waals surface area contributed by atoms with Crippen molar-refractivity contribution in [1.82, 2.24) is 4.98 Å². The van der Waals surface area contributed by atoms with Crippen LogP contribution in [0.5, 0.6) is 0 Å². The Morgan fingerprint density at radius 3 is 3.00 bits per heavy atom. The van der Waals surface area contributed by atoms with Crippen LogP contribution < -0.4 is 5.73 Å². The number of hydrogen-bond donors (Lipinski definition) is 1. The molecule has 0 aromatic carbocycles. The summed E-state index contributed by atoms with van der Waals surface area (Å²) in [6, 6.07) is 0. The Morgan fingerprint density at radius 2 is 2.45 bits per heavy atom. The second-order valence-corrected chi connectivity index (χ2v) is 3.93. The van der Waals surface area contributed by atoms with Crippen LogP contribution in [0.3, 0.4) is 0 Å². The van der Waals surface area contributed by atoms with Crippen molar-refractivity contribution in [3.05, 3.63) is 16.1 Å². The zero-order valence-corrected chi connectivity index (χ0v) is 7.23. The van der Waals surface area contributed by atoms with Gasteiger partial charge >= 0.3 is 0 Å². The van der Waals surface area contributed by atoms with Crippen molar-refractivity contribution in [3.8, 4) is 0 Å². The highest BCUT2D eigenvalue weighted by Crippen LogP contribution is 2.37. The minimum absolute atomic E-state index is 0.663. The molecular weight excluding hydrogens is 156 g/mol. The Kier molecular flexibility index (Phi) is 1.92. The van der Waals surface area contributed by atoms with Crippen LogP contribution in [0, 0.1) is 0 Å². The van der Waals surface area contributed by atoms with Gasteiger partial charge in [0.15, 0.2) is 0 Å². The van der Waals surface area contributed by atoms with Gasteiger partial charge in [-0.05, 0) is 12.8 Å². The molecule has 1 aliphatic carbocycles. The van der Waals surface area contributed by atoms with Crippen LogP contribution in [0.25, 0.3) is 0 Å². The Hall–Kier alpha value is -0.410. The maximum Gasteiger partial charge on any atom is 0.0798 e. The molecule has 2 nitrogen and oxygen atoms in total. The van der Waals surface area contributed by atoms with Gasteiger partial charge in [0.2, 0.25) is 0 Å². The van der Waals surface area contributed by atoms with Crippen molar-refractivity contribution >= 4 is 11.3 Å². The van der Waals surface area contributed by atoms with E-state index in [1.807, 2.05) is 5.51 Å². The molecule has 0 saturated heterocycles. The van der Waals surface area contributed by atoms with Gasteiger partial charge in [0.1, 0.15) is 0 Å². The Morgan fingerprint density at radius 1 is 1.64 bits per heavy atom. The Labute approximate surface area is 70.5 Å². The summed E-state index contributed by atoms with van der Waals surface area (Å²) in [5.41, 5.74) is 8.78. The van der Waals surface area contributed by atoms with Gasteiger partial charge in [0.05, 0.1) is 11.2 Å². The minimum atomic E-state index is 0.663. The fourth-order valence-corrected chi connectivity index (χ4v) is 2.18. The van der Waals surface area contributed by atoms with Crippen LogP contribution in [0.1, 0.15) is 35.8 Å². The predicted molar refractivity (Wildman–Crippen MR) is 46.6 cm³/mol. The largest absolute Gasteiger partial charge is 0.326 e. The van der Waals surface area contributed by atoms with Crippen molar-refractivity contribution in [2.45, 2.75) is 31.7 Å². The van der Waals surface area contributed by atoms with Gasteiger partial charge in [0.25, 0.3) is 0 Å². The van der Waals surface area contributed by atoms with E-state index in [0.717, 1.165) is 5.92 Å². The van der Waals surface area contributed by atoms with Gasteiger partial charge in [-0.2, -0.15) is 0 Å². The van der Waals surface area contributed by atoms with E-state index in [1.165, 1.54) is 29.8 Å². The molecule has 0 atom stereocenters. The van der Waals surface area contributed by atoms with Crippen molar-refractivity contribution < 1.29 is 0 Å². The van der Waals surface area contributed by atoms with Gasteiger partial charge in [-0.25, -0.2) is 4.98 Å². The van der Waals surface area contributed by atoms with Crippen LogP contribution in [0.4, 0.5) is 0 Å². The lowest BCUT2D eigenvalue weighted by Gasteiger charge is -2.24. The fourth-order valence-electron chi connectivity index (χ4n) is 1.45. The maximum absolute atomic E-state index is 5.58. The summed E-state index contributed by atoms with van der Waals surface area (Å²) in [5.74, 6) is 0.736. The van der Waals surface area contributed by atoms with Gasteiger partial charge < -0.3 is 5.73 Å². The lowest BCUT2D eigenvalue weighted by Crippen LogP contribution is -2.12. The molecule has 0 spiro atoms. The molecule has 1 aliphatic rings. The van der Waals surface area contributed by atoms with E-state index < -0.39 is 0 Å². The third kappa shape index (κ3) is 1.19. The molecule has 3 heteroatoms. The van der Waals surface area contributed by atoms with E-state index in [4.69, 9.17) is 5.73 Å². The molecule has 0 radical (unpaired) electrons. The number of thiazole rings is 1. The van der Waals surface area contributed by atoms with E-state index in [0.29, 0.717) is 6.54 Å². The summed E-state index contributed by atoms with van der Waals surface area (Å²) < 4.78 is 0. The molecule has 1 aromatic heterocycles. The molecule has 1 fully saturated rings. The number of hydrogen-bond acceptors (Lipinski definition) is 3. The zero-order chi connectivity index (χ0) is 7.68. The SMILES string of the molecule is NCc1scnc1C1CCC1. The van der Waals surface area contributed by atoms with Crippen molar-refractivity contribution in [1.29, 1.82) is 0 Å². The second kappa shape index (κ2) is 2.91. The first-order valence-electron chi connectivity index (χ1n) is 4.04. The van der Waals surface area contributed by atoms with Crippen LogP contribution in [-0.2, 0) is 6.54 Å². The van der Waals surface area contributed by atoms with Gasteiger partial charge in [-0.3, -0.25) is 0 Å². The van der Waals surface area contributed by atoms with E-state index in [-0.39, 0.29) is 0 Å². The summed E-state index contributed by atoms with van der Waals surface area (Å²) in [7, 11) is 0. The fraction of sp³-hybridized carbons (Fsp3) is 0.625. The third-order valence-electron chi connectivity index (χ3n) is 2.35. The van der Waals surface area contributed by atoms with E-state index in [9.17, 15) is 0 Å². The van der Waals surface area contributed by atoms with Crippen molar-refractivity contribution in [3.63, 3.8) is 0 Å². The highest BCUT2D eigenvalue weighted by atomic mass is 32.1. The normalized spacial score (nSPS) is 18.3. The molecule has 60 valence electrons. The number of nitrogens with zero attached hydrogens (tertiary/aromatic N) is 1. The molecule has 0 unspecified atom stereocenters. The second-order valence-electron chi connectivity index (χ2n) is 2.99. The molecule has 0 bridgehead atoms. The molecule has 1 saturated carbocycles. The highest BCUT2D eigenvalue weighted by Gasteiger charge is 2.23. The average Bonchev–Trinajstić information content (AvgIpc) is 2.32. The van der Waals surface area contributed by atoms with Crippen LogP contribution in [0.2, 0.25) is 0 Å². The standard InChI is InChI=1S/C8H12N2S/c9-4-7-8(10-5-11-7)6-2-1-3-6/h5-6H,1-4,9H2. The zero-order valence-electron chi connectivity index (χ0n) is 6.42. The van der Waals surface area contributed by atoms with Crippen LogP contribution in [-0.4, -0.2) is 4.98 Å². The maximum atomic E-state index is 5.58. The van der Waals surface area contributed by atoms with E-state index in [2.05, 4.69) is 4.98 Å². The predicted octanol–water partition coefficient (Wildman–Crippen LogP) is 1.87. The molecule has 0 aliphatic heterocycles. The molecule has 1 heterocycles. The quantitative estimate of drug-likeness (QED) is 0.732. The monoisotopic (exact) mass is 168 g/mol. The molecule has 11 heavy (non-hydrogen) atoms. The Balaban J connectivity index is 2.20. The smallest absolute Gasteiger partial charge is 0.0798 e. The molecular formula is C8H12N2S. The lowest BCUT2D eigenvalue weighted by molar-refractivity contribution is 0.410. The molecule has 2 N–H and O–H groups in total. The summed E-state index contributed by atoms with van der Waals surface area (Å²) in [6.07, 6.45) is 4.00. The summed E-state index contributed by atoms with van der Waals surface area (Å²) in [4.78, 5) is 5.63. The first-order chi connectivity index (χ1) is 5.42. The number of rotatable bonds is 2.